The van der Waals surface area contributed by atoms with E-state index in [9.17, 15) is 14.9 Å². The maximum Gasteiger partial charge on any atom is 0.245 e. The van der Waals surface area contributed by atoms with E-state index in [4.69, 9.17) is 9.47 Å². The SMILES string of the molecule is CC1CN(C2COC2)CCN1c1ccccc1Nc1ncnc(-c2ccc(O[C@H]3CCN(C(=O)C4CCC(=O)N4)C[C@H]3F)c(C#N)c2)n1. The molecule has 4 saturated heterocycles. The molecular formula is C34H38FN9O4. The number of carbonyl (C=O) groups excluding carboxylic acids is 2. The minimum Gasteiger partial charge on any atom is -0.486 e. The van der Waals surface area contributed by atoms with Crippen LogP contribution in [-0.4, -0.2) is 113 Å². The van der Waals surface area contributed by atoms with Crippen LogP contribution in [-0.2, 0) is 14.3 Å². The molecule has 0 bridgehead atoms. The molecule has 13 nitrogen and oxygen atoms in total. The van der Waals surface area contributed by atoms with Gasteiger partial charge in [0.25, 0.3) is 0 Å². The molecular weight excluding hydrogens is 617 g/mol. The van der Waals surface area contributed by atoms with Crippen LogP contribution in [0.1, 0.15) is 31.7 Å². The van der Waals surface area contributed by atoms with Crippen molar-refractivity contribution in [1.29, 1.82) is 5.26 Å². The summed E-state index contributed by atoms with van der Waals surface area (Å²) < 4.78 is 26.6. The van der Waals surface area contributed by atoms with E-state index in [-0.39, 0.29) is 36.1 Å². The molecule has 0 saturated carbocycles. The largest absolute Gasteiger partial charge is 0.486 e. The molecule has 0 spiro atoms. The molecule has 0 aliphatic carbocycles. The number of alkyl halides is 1. The monoisotopic (exact) mass is 655 g/mol. The van der Waals surface area contributed by atoms with Crippen LogP contribution < -0.4 is 20.3 Å². The van der Waals surface area contributed by atoms with Gasteiger partial charge in [0.05, 0.1) is 42.7 Å². The zero-order valence-corrected chi connectivity index (χ0v) is 26.7. The number of nitrogens with one attached hydrogen (secondary N) is 2. The Bertz CT molecular complexity index is 1720. The van der Waals surface area contributed by atoms with Gasteiger partial charge in [0, 0.05) is 50.6 Å². The van der Waals surface area contributed by atoms with Gasteiger partial charge in [-0.15, -0.1) is 0 Å². The van der Waals surface area contributed by atoms with Gasteiger partial charge in [0.1, 0.15) is 30.3 Å². The average molecular weight is 656 g/mol. The summed E-state index contributed by atoms with van der Waals surface area (Å²) in [6, 6.07) is 15.4. The van der Waals surface area contributed by atoms with Gasteiger partial charge in [-0.05, 0) is 43.7 Å². The Morgan fingerprint density at radius 3 is 2.71 bits per heavy atom. The van der Waals surface area contributed by atoms with E-state index in [1.165, 1.54) is 11.2 Å². The highest BCUT2D eigenvalue weighted by atomic mass is 19.1. The molecule has 4 aliphatic heterocycles. The average Bonchev–Trinajstić information content (AvgIpc) is 3.51. The van der Waals surface area contributed by atoms with Crippen molar-refractivity contribution >= 4 is 29.1 Å². The Balaban J connectivity index is 1.01. The molecule has 2 N–H and O–H groups in total. The second-order valence-electron chi connectivity index (χ2n) is 12.7. The third-order valence-electron chi connectivity index (χ3n) is 9.55. The fourth-order valence-corrected chi connectivity index (χ4v) is 6.81. The van der Waals surface area contributed by atoms with Crippen molar-refractivity contribution in [3.63, 3.8) is 0 Å². The van der Waals surface area contributed by atoms with Gasteiger partial charge in [0.15, 0.2) is 12.0 Å². The van der Waals surface area contributed by atoms with E-state index in [0.717, 1.165) is 44.2 Å². The summed E-state index contributed by atoms with van der Waals surface area (Å²) >= 11 is 0. The van der Waals surface area contributed by atoms with Crippen molar-refractivity contribution in [2.45, 2.75) is 56.6 Å². The topological polar surface area (TPSA) is 149 Å². The van der Waals surface area contributed by atoms with Gasteiger partial charge in [-0.2, -0.15) is 10.2 Å². The molecule has 7 rings (SSSR count). The lowest BCUT2D eigenvalue weighted by molar-refractivity contribution is -0.138. The van der Waals surface area contributed by atoms with E-state index in [1.807, 2.05) is 18.2 Å². The standard InChI is InChI=1S/C34H38FN9O4/c1-21-16-42(24-18-47-19-24)12-13-44(21)28-5-3-2-4-26(28)40-34-38-20-37-32(41-34)22-6-8-29(23(14-22)15-36)48-30-10-11-43(17-25(30)35)33(46)27-7-9-31(45)39-27/h2-6,8,14,20-21,24-25,27,30H,7,9-13,16-19H2,1H3,(H,39,45)(H,37,38,40,41)/t21?,25-,27?,30+/m1/s1. The van der Waals surface area contributed by atoms with Gasteiger partial charge in [0.2, 0.25) is 17.8 Å². The highest BCUT2D eigenvalue weighted by Crippen LogP contribution is 2.33. The fourth-order valence-electron chi connectivity index (χ4n) is 6.81. The Morgan fingerprint density at radius 1 is 1.12 bits per heavy atom. The Morgan fingerprint density at radius 2 is 1.98 bits per heavy atom. The lowest BCUT2D eigenvalue weighted by Gasteiger charge is -2.46. The van der Waals surface area contributed by atoms with Gasteiger partial charge < -0.3 is 29.9 Å². The number of nitriles is 1. The highest BCUT2D eigenvalue weighted by Gasteiger charge is 2.38. The van der Waals surface area contributed by atoms with Crippen LogP contribution in [0.5, 0.6) is 5.75 Å². The zero-order chi connectivity index (χ0) is 33.2. The summed E-state index contributed by atoms with van der Waals surface area (Å²) in [5.41, 5.74) is 2.74. The molecule has 2 unspecified atom stereocenters. The van der Waals surface area contributed by atoms with Crippen molar-refractivity contribution in [2.24, 2.45) is 0 Å². The molecule has 1 aromatic heterocycles. The number of aromatic nitrogens is 3. The molecule has 0 radical (unpaired) electrons. The maximum atomic E-state index is 15.2. The quantitative estimate of drug-likeness (QED) is 0.369. The molecule has 48 heavy (non-hydrogen) atoms. The first-order valence-electron chi connectivity index (χ1n) is 16.4. The molecule has 3 aromatic rings. The predicted octanol–water partition coefficient (Wildman–Crippen LogP) is 2.66. The summed E-state index contributed by atoms with van der Waals surface area (Å²) in [5.74, 6) is 0.541. The minimum absolute atomic E-state index is 0.134. The van der Waals surface area contributed by atoms with Gasteiger partial charge >= 0.3 is 0 Å². The number of benzene rings is 2. The Labute approximate surface area is 278 Å². The first-order chi connectivity index (χ1) is 23.4. The van der Waals surface area contributed by atoms with Gasteiger partial charge in [-0.3, -0.25) is 14.5 Å². The van der Waals surface area contributed by atoms with Crippen LogP contribution in [0.15, 0.2) is 48.8 Å². The number of likely N-dealkylation sites (tertiary alicyclic amines) is 1. The number of anilines is 3. The summed E-state index contributed by atoms with van der Waals surface area (Å²) in [5, 5.41) is 16.0. The number of amides is 2. The van der Waals surface area contributed by atoms with Crippen molar-refractivity contribution in [3.05, 3.63) is 54.4 Å². The molecule has 2 aromatic carbocycles. The maximum absolute atomic E-state index is 15.2. The van der Waals surface area contributed by atoms with E-state index in [1.54, 1.807) is 18.2 Å². The van der Waals surface area contributed by atoms with Gasteiger partial charge in [-0.25, -0.2) is 14.4 Å². The first-order valence-corrected chi connectivity index (χ1v) is 16.4. The number of carbonyl (C=O) groups is 2. The van der Waals surface area contributed by atoms with Crippen molar-refractivity contribution < 1.29 is 23.5 Å². The van der Waals surface area contributed by atoms with Crippen LogP contribution in [0.3, 0.4) is 0 Å². The van der Waals surface area contributed by atoms with Gasteiger partial charge in [-0.1, -0.05) is 12.1 Å². The number of ether oxygens (including phenoxy) is 2. The summed E-state index contributed by atoms with van der Waals surface area (Å²) in [6.07, 6.45) is 0.126. The predicted molar refractivity (Wildman–Crippen MR) is 174 cm³/mol. The molecule has 5 heterocycles. The van der Waals surface area contributed by atoms with Crippen molar-refractivity contribution in [2.75, 3.05) is 56.2 Å². The summed E-state index contributed by atoms with van der Waals surface area (Å²) in [4.78, 5) is 43.9. The number of halogens is 1. The van der Waals surface area contributed by atoms with E-state index in [0.29, 0.717) is 48.8 Å². The highest BCUT2D eigenvalue weighted by molar-refractivity contribution is 5.90. The van der Waals surface area contributed by atoms with Crippen LogP contribution >= 0.6 is 0 Å². The number of rotatable bonds is 8. The van der Waals surface area contributed by atoms with Crippen molar-refractivity contribution in [3.8, 4) is 23.2 Å². The number of para-hydroxylation sites is 2. The molecule has 2 amide bonds. The Hall–Kier alpha value is -4.87. The van der Waals surface area contributed by atoms with E-state index in [2.05, 4.69) is 54.4 Å². The molecule has 4 fully saturated rings. The third-order valence-corrected chi connectivity index (χ3v) is 9.55. The van der Waals surface area contributed by atoms with E-state index < -0.39 is 18.3 Å². The Kier molecular flexibility index (Phi) is 9.05. The second-order valence-corrected chi connectivity index (χ2v) is 12.7. The zero-order valence-electron chi connectivity index (χ0n) is 26.7. The van der Waals surface area contributed by atoms with E-state index >= 15 is 4.39 Å². The smallest absolute Gasteiger partial charge is 0.245 e. The number of hydrogen-bond acceptors (Lipinski definition) is 11. The fraction of sp³-hybridized carbons (Fsp3) is 0.471. The molecule has 4 aliphatic rings. The second kappa shape index (κ2) is 13.7. The van der Waals surface area contributed by atoms with Crippen molar-refractivity contribution in [1.82, 2.24) is 30.1 Å². The molecule has 14 heteroatoms. The first kappa shape index (κ1) is 31.7. The third kappa shape index (κ3) is 6.61. The normalized spacial score (nSPS) is 24.8. The molecule has 4 atom stereocenters. The lowest BCUT2D eigenvalue weighted by Crippen LogP contribution is -2.59. The minimum atomic E-state index is -1.45. The lowest BCUT2D eigenvalue weighted by atomic mass is 10.0. The summed E-state index contributed by atoms with van der Waals surface area (Å²) in [7, 11) is 0. The number of nitrogens with zero attached hydrogens (tertiary/aromatic N) is 7. The van der Waals surface area contributed by atoms with Crippen LogP contribution in [0.2, 0.25) is 0 Å². The molecule has 250 valence electrons. The van der Waals surface area contributed by atoms with Crippen LogP contribution in [0.25, 0.3) is 11.4 Å². The number of piperazine rings is 1. The number of piperidine rings is 1. The van der Waals surface area contributed by atoms with Crippen LogP contribution in [0, 0.1) is 11.3 Å². The van der Waals surface area contributed by atoms with Crippen LogP contribution in [0.4, 0.5) is 21.7 Å². The summed E-state index contributed by atoms with van der Waals surface area (Å²) in [6.45, 7) is 6.84. The number of hydrogen-bond donors (Lipinski definition) is 2.